The van der Waals surface area contributed by atoms with Crippen LogP contribution in [-0.2, 0) is 10.0 Å². The minimum atomic E-state index is -3.16. The molecule has 0 aromatic rings. The summed E-state index contributed by atoms with van der Waals surface area (Å²) in [6, 6.07) is 0. The van der Waals surface area contributed by atoms with E-state index in [1.165, 1.54) is 6.92 Å². The van der Waals surface area contributed by atoms with Crippen molar-refractivity contribution in [2.24, 2.45) is 5.14 Å². The van der Waals surface area contributed by atoms with Crippen LogP contribution in [0.15, 0.2) is 0 Å². The van der Waals surface area contributed by atoms with Gasteiger partial charge in [0.05, 0.1) is 5.75 Å². The Hall–Kier alpha value is 0.127. The summed E-state index contributed by atoms with van der Waals surface area (Å²) >= 11 is 0. The molecule has 0 rings (SSSR count). The van der Waals surface area contributed by atoms with Crippen LogP contribution in [0.5, 0.6) is 0 Å². The Labute approximate surface area is 48.0 Å². The minimum Gasteiger partial charge on any atom is -0.229 e. The molecule has 0 amide bonds. The van der Waals surface area contributed by atoms with Crippen LogP contribution in [0.4, 0.5) is 0 Å². The van der Waals surface area contributed by atoms with Crippen molar-refractivity contribution in [3.63, 3.8) is 0 Å². The van der Waals surface area contributed by atoms with E-state index in [0.717, 1.165) is 0 Å². The van der Waals surface area contributed by atoms with Gasteiger partial charge in [-0.05, 0) is 17.9 Å². The van der Waals surface area contributed by atoms with E-state index in [1.807, 2.05) is 0 Å². The van der Waals surface area contributed by atoms with Gasteiger partial charge in [-0.2, -0.15) is 0 Å². The summed E-state index contributed by atoms with van der Waals surface area (Å²) in [5.74, 6) is 0.0208. The molecule has 0 atom stereocenters. The van der Waals surface area contributed by atoms with E-state index in [9.17, 15) is 8.42 Å². The van der Waals surface area contributed by atoms with Crippen molar-refractivity contribution in [3.8, 4) is 0 Å². The zero-order valence-corrected chi connectivity index (χ0v) is 4.33. The number of hydrogen-bond acceptors (Lipinski definition) is 2. The van der Waals surface area contributed by atoms with Gasteiger partial charge in [-0.1, -0.05) is 0 Å². The highest BCUT2D eigenvalue weighted by atomic mass is 32.2. The molecule has 0 saturated carbocycles. The standard InChI is InChI=1S/C2H7NO2S.H4Si/c1-2-6(3,4)5;/h2H2,1H3,(H2,3,4,5);1H4. The first-order chi connectivity index (χ1) is 2.56. The molecule has 0 heterocycles. The lowest BCUT2D eigenvalue weighted by atomic mass is 11.0. The van der Waals surface area contributed by atoms with Crippen LogP contribution in [0.1, 0.15) is 6.92 Å². The van der Waals surface area contributed by atoms with Crippen molar-refractivity contribution in [1.29, 1.82) is 0 Å². The Kier molecular flexibility index (Phi) is 4.61. The van der Waals surface area contributed by atoms with Gasteiger partial charge < -0.3 is 0 Å². The zero-order chi connectivity index (χ0) is 5.21. The summed E-state index contributed by atoms with van der Waals surface area (Å²) in [5.41, 5.74) is 0. The highest BCUT2D eigenvalue weighted by Gasteiger charge is 1.90. The van der Waals surface area contributed by atoms with Crippen molar-refractivity contribution >= 4 is 21.0 Å². The summed E-state index contributed by atoms with van der Waals surface area (Å²) in [4.78, 5) is 0. The smallest absolute Gasteiger partial charge is 0.208 e. The van der Waals surface area contributed by atoms with Gasteiger partial charge in [-0.15, -0.1) is 0 Å². The highest BCUT2D eigenvalue weighted by molar-refractivity contribution is 7.89. The van der Waals surface area contributed by atoms with Crippen LogP contribution in [0.2, 0.25) is 0 Å². The maximum Gasteiger partial charge on any atom is 0.208 e. The third-order valence-corrected chi connectivity index (χ3v) is 1.21. The summed E-state index contributed by atoms with van der Waals surface area (Å²) in [6.07, 6.45) is 0. The zero-order valence-electron chi connectivity index (χ0n) is 3.51. The Morgan fingerprint density at radius 3 is 1.71 bits per heavy atom. The average molecular weight is 141 g/mol. The van der Waals surface area contributed by atoms with Gasteiger partial charge in [-0.25, -0.2) is 13.6 Å². The van der Waals surface area contributed by atoms with Crippen molar-refractivity contribution in [2.45, 2.75) is 6.92 Å². The van der Waals surface area contributed by atoms with Crippen LogP contribution in [0.25, 0.3) is 0 Å². The Morgan fingerprint density at radius 2 is 1.71 bits per heavy atom. The topological polar surface area (TPSA) is 60.2 Å². The summed E-state index contributed by atoms with van der Waals surface area (Å²) in [7, 11) is -3.16. The Balaban J connectivity index is 0. The molecule has 0 aliphatic rings. The van der Waals surface area contributed by atoms with E-state index in [0.29, 0.717) is 0 Å². The van der Waals surface area contributed by atoms with Gasteiger partial charge >= 0.3 is 0 Å². The predicted octanol–water partition coefficient (Wildman–Crippen LogP) is -2.16. The van der Waals surface area contributed by atoms with Gasteiger partial charge in [0.25, 0.3) is 0 Å². The van der Waals surface area contributed by atoms with Crippen molar-refractivity contribution in [1.82, 2.24) is 0 Å². The van der Waals surface area contributed by atoms with E-state index >= 15 is 0 Å². The fourth-order valence-electron chi connectivity index (χ4n) is 0. The monoisotopic (exact) mass is 141 g/mol. The third-order valence-electron chi connectivity index (χ3n) is 0.402. The molecule has 0 fully saturated rings. The van der Waals surface area contributed by atoms with Crippen LogP contribution in [-0.4, -0.2) is 25.1 Å². The number of nitrogens with two attached hydrogens (primary N) is 1. The number of sulfonamides is 1. The molecule has 0 aliphatic carbocycles. The number of rotatable bonds is 1. The first-order valence-corrected chi connectivity index (χ1v) is 3.28. The molecule has 46 valence electrons. The van der Waals surface area contributed by atoms with E-state index in [1.54, 1.807) is 0 Å². The Bertz CT molecular complexity index is 118. The molecule has 0 spiro atoms. The molecule has 0 aromatic carbocycles. The maximum absolute atomic E-state index is 9.78. The number of primary sulfonamides is 1. The molecule has 0 aromatic heterocycles. The molecule has 0 unspecified atom stereocenters. The molecule has 0 bridgehead atoms. The molecule has 3 nitrogen and oxygen atoms in total. The predicted molar refractivity (Wildman–Crippen MR) is 35.0 cm³/mol. The molecule has 7 heavy (non-hydrogen) atoms. The lowest BCUT2D eigenvalue weighted by Crippen LogP contribution is -2.13. The lowest BCUT2D eigenvalue weighted by molar-refractivity contribution is 0.599. The van der Waals surface area contributed by atoms with Gasteiger partial charge in [0.2, 0.25) is 10.0 Å². The Morgan fingerprint density at radius 1 is 1.57 bits per heavy atom. The molecular formula is C2H11NO2SSi. The molecule has 0 saturated heterocycles. The first kappa shape index (κ1) is 10.2. The lowest BCUT2D eigenvalue weighted by Gasteiger charge is -1.81. The van der Waals surface area contributed by atoms with E-state index in [2.05, 4.69) is 5.14 Å². The van der Waals surface area contributed by atoms with E-state index in [4.69, 9.17) is 0 Å². The van der Waals surface area contributed by atoms with Crippen LogP contribution >= 0.6 is 0 Å². The van der Waals surface area contributed by atoms with Gasteiger partial charge in [-0.3, -0.25) is 0 Å². The fourth-order valence-corrected chi connectivity index (χ4v) is 0. The summed E-state index contributed by atoms with van der Waals surface area (Å²) in [6.45, 7) is 1.50. The van der Waals surface area contributed by atoms with Crippen molar-refractivity contribution in [2.75, 3.05) is 5.75 Å². The SMILES string of the molecule is CCS(N)(=O)=O.[SiH4]. The normalized spacial score (nSPS) is 10.0. The second kappa shape index (κ2) is 3.17. The summed E-state index contributed by atoms with van der Waals surface area (Å²) in [5, 5.41) is 4.51. The second-order valence-corrected chi connectivity index (χ2v) is 2.85. The fraction of sp³-hybridized carbons (Fsp3) is 1.00. The quantitative estimate of drug-likeness (QED) is 0.423. The van der Waals surface area contributed by atoms with Crippen LogP contribution in [0.3, 0.4) is 0 Å². The average Bonchev–Trinajstić information content (AvgIpc) is 1.35. The minimum absolute atomic E-state index is 0. The van der Waals surface area contributed by atoms with Crippen LogP contribution < -0.4 is 5.14 Å². The molecule has 2 N–H and O–H groups in total. The number of hydrogen-bond donors (Lipinski definition) is 1. The van der Waals surface area contributed by atoms with Crippen LogP contribution in [0, 0.1) is 0 Å². The van der Waals surface area contributed by atoms with Gasteiger partial charge in [0.1, 0.15) is 0 Å². The second-order valence-electron chi connectivity index (χ2n) is 0.952. The van der Waals surface area contributed by atoms with E-state index < -0.39 is 10.0 Å². The molecule has 5 heteroatoms. The van der Waals surface area contributed by atoms with Gasteiger partial charge in [0, 0.05) is 0 Å². The van der Waals surface area contributed by atoms with Crippen molar-refractivity contribution in [3.05, 3.63) is 0 Å². The molecular weight excluding hydrogens is 130 g/mol. The summed E-state index contributed by atoms with van der Waals surface area (Å²) < 4.78 is 19.6. The van der Waals surface area contributed by atoms with E-state index in [-0.39, 0.29) is 16.7 Å². The molecule has 0 radical (unpaired) electrons. The third kappa shape index (κ3) is 10.7. The highest BCUT2D eigenvalue weighted by Crippen LogP contribution is 1.68. The molecule has 0 aliphatic heterocycles. The maximum atomic E-state index is 9.78. The first-order valence-electron chi connectivity index (χ1n) is 1.56. The van der Waals surface area contributed by atoms with Crippen molar-refractivity contribution < 1.29 is 8.42 Å². The largest absolute Gasteiger partial charge is 0.229 e. The van der Waals surface area contributed by atoms with Gasteiger partial charge in [0.15, 0.2) is 0 Å².